The Morgan fingerprint density at radius 3 is 1.80 bits per heavy atom. The first-order valence-corrected chi connectivity index (χ1v) is 22.6. The van der Waals surface area contributed by atoms with E-state index in [1.807, 2.05) is 0 Å². The minimum Gasteiger partial charge on any atom is -0.460 e. The summed E-state index contributed by atoms with van der Waals surface area (Å²) in [5.74, 6) is -0.504. The standard InChI is InChI=1S/C46H84O9/c1-7-8-9-10-11-12-13-14-15-16-17-18-21-24-27-33-51-36-39(35-47)54-41(48)28-25-22-19-20-23-26-29-42(49)55-40-30-32-46(37-53-46)44(43(40)50-6)45(4,5)52-34-31-38(2)3/h31,39-40,43-44,47H,7-30,32-37H2,1-6H3. The normalized spacial score (nSPS) is 21.4. The zero-order valence-corrected chi connectivity index (χ0v) is 36.3. The lowest BCUT2D eigenvalue weighted by atomic mass is 9.68. The summed E-state index contributed by atoms with van der Waals surface area (Å²) >= 11 is 0. The van der Waals surface area contributed by atoms with Gasteiger partial charge in [-0.15, -0.1) is 0 Å². The summed E-state index contributed by atoms with van der Waals surface area (Å²) in [5.41, 5.74) is 0.431. The number of epoxide rings is 1. The van der Waals surface area contributed by atoms with E-state index < -0.39 is 11.7 Å². The third kappa shape index (κ3) is 21.7. The SMILES string of the molecule is CCCCCCCCCCCCCCCCCOCC(CO)OC(=O)CCCCCCCCC(=O)OC1CCC2(CO2)C(C(C)(C)OCC=C(C)C)C1OC. The van der Waals surface area contributed by atoms with Gasteiger partial charge in [-0.05, 0) is 59.8 Å². The summed E-state index contributed by atoms with van der Waals surface area (Å²) in [4.78, 5) is 25.2. The number of aliphatic hydroxyl groups excluding tert-OH is 1. The maximum absolute atomic E-state index is 12.9. The first-order valence-electron chi connectivity index (χ1n) is 22.6. The molecule has 1 saturated heterocycles. The summed E-state index contributed by atoms with van der Waals surface area (Å²) < 4.78 is 35.5. The van der Waals surface area contributed by atoms with E-state index in [0.717, 1.165) is 64.2 Å². The van der Waals surface area contributed by atoms with Crippen LogP contribution in [0.2, 0.25) is 0 Å². The van der Waals surface area contributed by atoms with E-state index in [0.29, 0.717) is 32.7 Å². The molecule has 2 aliphatic rings. The molecular formula is C46H84O9. The molecule has 0 amide bonds. The van der Waals surface area contributed by atoms with E-state index in [-0.39, 0.29) is 48.9 Å². The molecule has 1 aliphatic carbocycles. The number of hydrogen-bond acceptors (Lipinski definition) is 9. The highest BCUT2D eigenvalue weighted by Gasteiger charge is 2.64. The maximum Gasteiger partial charge on any atom is 0.306 e. The molecule has 0 aromatic heterocycles. The monoisotopic (exact) mass is 781 g/mol. The van der Waals surface area contributed by atoms with Crippen LogP contribution in [0.25, 0.3) is 0 Å². The van der Waals surface area contributed by atoms with E-state index in [9.17, 15) is 14.7 Å². The molecule has 9 nitrogen and oxygen atoms in total. The van der Waals surface area contributed by atoms with Gasteiger partial charge in [0, 0.05) is 32.5 Å². The number of carbonyl (C=O) groups excluding carboxylic acids is 2. The van der Waals surface area contributed by atoms with Gasteiger partial charge in [0.15, 0.2) is 0 Å². The maximum atomic E-state index is 12.9. The molecule has 5 atom stereocenters. The van der Waals surface area contributed by atoms with Gasteiger partial charge in [-0.25, -0.2) is 0 Å². The van der Waals surface area contributed by atoms with E-state index in [2.05, 4.69) is 40.7 Å². The second kappa shape index (κ2) is 29.7. The Morgan fingerprint density at radius 1 is 0.800 bits per heavy atom. The number of carbonyl (C=O) groups is 2. The Bertz CT molecular complexity index is 1020. The number of esters is 2. The molecule has 0 radical (unpaired) electrons. The molecular weight excluding hydrogens is 696 g/mol. The van der Waals surface area contributed by atoms with Crippen LogP contribution in [0.15, 0.2) is 11.6 Å². The molecule has 1 saturated carbocycles. The van der Waals surface area contributed by atoms with E-state index in [4.69, 9.17) is 28.4 Å². The molecule has 0 bridgehead atoms. The third-order valence-corrected chi connectivity index (χ3v) is 11.6. The Labute approximate surface area is 336 Å². The number of rotatable bonds is 35. The van der Waals surface area contributed by atoms with Crippen molar-refractivity contribution in [3.63, 3.8) is 0 Å². The lowest BCUT2D eigenvalue weighted by molar-refractivity contribution is -0.192. The van der Waals surface area contributed by atoms with Crippen LogP contribution in [-0.4, -0.2) is 86.7 Å². The van der Waals surface area contributed by atoms with Crippen LogP contribution in [0.3, 0.4) is 0 Å². The molecule has 0 aromatic rings. The molecule has 1 heterocycles. The van der Waals surface area contributed by atoms with Gasteiger partial charge in [-0.3, -0.25) is 9.59 Å². The first kappa shape index (κ1) is 49.6. The molecule has 2 fully saturated rings. The van der Waals surface area contributed by atoms with E-state index >= 15 is 0 Å². The van der Waals surface area contributed by atoms with Crippen LogP contribution >= 0.6 is 0 Å². The summed E-state index contributed by atoms with van der Waals surface area (Å²) in [6.07, 6.45) is 28.4. The topological polar surface area (TPSA) is 113 Å². The summed E-state index contributed by atoms with van der Waals surface area (Å²) in [6.45, 7) is 12.4. The van der Waals surface area contributed by atoms with Gasteiger partial charge >= 0.3 is 11.9 Å². The first-order chi connectivity index (χ1) is 26.6. The Balaban J connectivity index is 1.45. The fourth-order valence-electron chi connectivity index (χ4n) is 8.23. The van der Waals surface area contributed by atoms with Crippen molar-refractivity contribution in [3.8, 4) is 0 Å². The van der Waals surface area contributed by atoms with Crippen molar-refractivity contribution in [2.24, 2.45) is 5.92 Å². The molecule has 0 aromatic carbocycles. The van der Waals surface area contributed by atoms with E-state index in [1.165, 1.54) is 89.0 Å². The largest absolute Gasteiger partial charge is 0.460 e. The van der Waals surface area contributed by atoms with Gasteiger partial charge < -0.3 is 33.5 Å². The zero-order chi connectivity index (χ0) is 40.2. The van der Waals surface area contributed by atoms with Crippen molar-refractivity contribution < 1.29 is 43.1 Å². The van der Waals surface area contributed by atoms with Gasteiger partial charge in [0.05, 0.1) is 37.6 Å². The number of aliphatic hydroxyl groups is 1. The second-order valence-corrected chi connectivity index (χ2v) is 17.2. The quantitative estimate of drug-likeness (QED) is 0.0291. The van der Waals surface area contributed by atoms with E-state index in [1.54, 1.807) is 7.11 Å². The fraction of sp³-hybridized carbons (Fsp3) is 0.913. The average Bonchev–Trinajstić information content (AvgIpc) is 3.92. The molecule has 322 valence electrons. The number of unbranched alkanes of at least 4 members (excludes halogenated alkanes) is 19. The summed E-state index contributed by atoms with van der Waals surface area (Å²) in [6, 6.07) is 0. The van der Waals surface area contributed by atoms with Crippen LogP contribution in [0, 0.1) is 5.92 Å². The van der Waals surface area contributed by atoms with Crippen molar-refractivity contribution in [1.29, 1.82) is 0 Å². The van der Waals surface area contributed by atoms with Crippen LogP contribution < -0.4 is 0 Å². The van der Waals surface area contributed by atoms with Gasteiger partial charge in [-0.1, -0.05) is 134 Å². The summed E-state index contributed by atoms with van der Waals surface area (Å²) in [5, 5.41) is 9.66. The van der Waals surface area contributed by atoms with Crippen LogP contribution in [0.4, 0.5) is 0 Å². The lowest BCUT2D eigenvalue weighted by Crippen LogP contribution is -2.58. The molecule has 1 spiro atoms. The number of allylic oxidation sites excluding steroid dienone is 1. The van der Waals surface area contributed by atoms with Crippen molar-refractivity contribution in [3.05, 3.63) is 11.6 Å². The smallest absolute Gasteiger partial charge is 0.306 e. The second-order valence-electron chi connectivity index (χ2n) is 17.2. The number of ether oxygens (including phenoxy) is 6. The molecule has 9 heteroatoms. The van der Waals surface area contributed by atoms with Gasteiger partial charge in [0.25, 0.3) is 0 Å². The van der Waals surface area contributed by atoms with Crippen molar-refractivity contribution in [1.82, 2.24) is 0 Å². The van der Waals surface area contributed by atoms with Crippen molar-refractivity contribution in [2.75, 3.05) is 40.1 Å². The molecule has 55 heavy (non-hydrogen) atoms. The number of methoxy groups -OCH3 is 1. The van der Waals surface area contributed by atoms with Gasteiger partial charge in [0.1, 0.15) is 18.3 Å². The molecule has 5 unspecified atom stereocenters. The van der Waals surface area contributed by atoms with Gasteiger partial charge in [0.2, 0.25) is 0 Å². The fourth-order valence-corrected chi connectivity index (χ4v) is 8.23. The average molecular weight is 781 g/mol. The molecule has 1 aliphatic heterocycles. The van der Waals surface area contributed by atoms with Crippen molar-refractivity contribution >= 4 is 11.9 Å². The highest BCUT2D eigenvalue weighted by atomic mass is 16.6. The highest BCUT2D eigenvalue weighted by Crippen LogP contribution is 2.52. The predicted molar refractivity (Wildman–Crippen MR) is 221 cm³/mol. The van der Waals surface area contributed by atoms with Gasteiger partial charge in [-0.2, -0.15) is 0 Å². The molecule has 2 rings (SSSR count). The zero-order valence-electron chi connectivity index (χ0n) is 36.3. The third-order valence-electron chi connectivity index (χ3n) is 11.6. The minimum atomic E-state index is -0.599. The lowest BCUT2D eigenvalue weighted by Gasteiger charge is -2.47. The van der Waals surface area contributed by atoms with Crippen LogP contribution in [-0.2, 0) is 38.0 Å². The highest BCUT2D eigenvalue weighted by molar-refractivity contribution is 5.70. The Kier molecular flexibility index (Phi) is 26.8. The minimum absolute atomic E-state index is 0.0456. The Morgan fingerprint density at radius 2 is 1.31 bits per heavy atom. The Hall–Kier alpha value is -1.52. The summed E-state index contributed by atoms with van der Waals surface area (Å²) in [7, 11) is 1.69. The predicted octanol–water partition coefficient (Wildman–Crippen LogP) is 10.8. The number of hydrogen-bond donors (Lipinski definition) is 1. The van der Waals surface area contributed by atoms with Crippen LogP contribution in [0.5, 0.6) is 0 Å². The van der Waals surface area contributed by atoms with Crippen molar-refractivity contribution in [2.45, 2.75) is 225 Å². The molecule has 1 N–H and O–H groups in total. The van der Waals surface area contributed by atoms with Crippen LogP contribution in [0.1, 0.15) is 195 Å².